The minimum Gasteiger partial charge on any atom is -0.352 e. The number of thiophene rings is 1. The van der Waals surface area contributed by atoms with Gasteiger partial charge in [-0.1, -0.05) is 11.6 Å². The molecule has 2 amide bonds. The molecule has 1 N–H and O–H groups in total. The smallest absolute Gasteiger partial charge is 0.266 e. The summed E-state index contributed by atoms with van der Waals surface area (Å²) < 4.78 is 0. The molecule has 1 aliphatic heterocycles. The SMILES string of the molecule is Cc1csc(C(=O)N2CCNC(=O)C2(C)C)c1Cl. The Bertz CT molecular complexity index is 510. The van der Waals surface area contributed by atoms with Crippen LogP contribution in [-0.2, 0) is 4.79 Å². The highest BCUT2D eigenvalue weighted by Crippen LogP contribution is 2.30. The molecule has 4 nitrogen and oxygen atoms in total. The van der Waals surface area contributed by atoms with Crippen LogP contribution >= 0.6 is 22.9 Å². The van der Waals surface area contributed by atoms with Crippen LogP contribution in [-0.4, -0.2) is 35.3 Å². The van der Waals surface area contributed by atoms with Crippen LogP contribution in [0, 0.1) is 6.92 Å². The van der Waals surface area contributed by atoms with Crippen molar-refractivity contribution in [1.82, 2.24) is 10.2 Å². The number of aryl methyl sites for hydroxylation is 1. The maximum atomic E-state index is 12.5. The van der Waals surface area contributed by atoms with E-state index in [2.05, 4.69) is 5.32 Å². The molecule has 0 aromatic carbocycles. The zero-order chi connectivity index (χ0) is 13.5. The van der Waals surface area contributed by atoms with E-state index in [1.165, 1.54) is 11.3 Å². The second-order valence-electron chi connectivity index (χ2n) is 4.83. The first-order valence-corrected chi connectivity index (χ1v) is 6.95. The molecule has 0 aliphatic carbocycles. The lowest BCUT2D eigenvalue weighted by molar-refractivity contribution is -0.133. The summed E-state index contributed by atoms with van der Waals surface area (Å²) in [5, 5.41) is 5.11. The molecule has 2 heterocycles. The maximum Gasteiger partial charge on any atom is 0.266 e. The van der Waals surface area contributed by atoms with Crippen molar-refractivity contribution in [2.75, 3.05) is 13.1 Å². The van der Waals surface area contributed by atoms with Gasteiger partial charge in [0.2, 0.25) is 5.91 Å². The van der Waals surface area contributed by atoms with Crippen molar-refractivity contribution in [3.63, 3.8) is 0 Å². The van der Waals surface area contributed by atoms with Gasteiger partial charge in [-0.05, 0) is 31.7 Å². The number of nitrogens with zero attached hydrogens (tertiary/aromatic N) is 1. The van der Waals surface area contributed by atoms with Crippen LogP contribution in [0.3, 0.4) is 0 Å². The number of rotatable bonds is 1. The monoisotopic (exact) mass is 286 g/mol. The van der Waals surface area contributed by atoms with E-state index in [0.717, 1.165) is 5.56 Å². The average molecular weight is 287 g/mol. The number of piperazine rings is 1. The molecule has 18 heavy (non-hydrogen) atoms. The van der Waals surface area contributed by atoms with E-state index in [9.17, 15) is 9.59 Å². The van der Waals surface area contributed by atoms with E-state index in [1.807, 2.05) is 12.3 Å². The van der Waals surface area contributed by atoms with Crippen molar-refractivity contribution >= 4 is 34.8 Å². The number of halogens is 1. The summed E-state index contributed by atoms with van der Waals surface area (Å²) in [7, 11) is 0. The molecule has 0 spiro atoms. The lowest BCUT2D eigenvalue weighted by atomic mass is 9.98. The number of hydrogen-bond donors (Lipinski definition) is 1. The molecule has 1 fully saturated rings. The number of carbonyl (C=O) groups excluding carboxylic acids is 2. The Hall–Kier alpha value is -1.07. The predicted molar refractivity (Wildman–Crippen MR) is 72.2 cm³/mol. The highest BCUT2D eigenvalue weighted by Gasteiger charge is 2.41. The molecule has 0 bridgehead atoms. The van der Waals surface area contributed by atoms with Gasteiger partial charge < -0.3 is 10.2 Å². The van der Waals surface area contributed by atoms with Crippen LogP contribution in [0.4, 0.5) is 0 Å². The van der Waals surface area contributed by atoms with Gasteiger partial charge in [-0.25, -0.2) is 0 Å². The summed E-state index contributed by atoms with van der Waals surface area (Å²) in [5.41, 5.74) is 0.0561. The van der Waals surface area contributed by atoms with Gasteiger partial charge in [0.15, 0.2) is 0 Å². The highest BCUT2D eigenvalue weighted by molar-refractivity contribution is 7.13. The largest absolute Gasteiger partial charge is 0.352 e. The molecular weight excluding hydrogens is 272 g/mol. The van der Waals surface area contributed by atoms with Gasteiger partial charge in [0.25, 0.3) is 5.91 Å². The van der Waals surface area contributed by atoms with Gasteiger partial charge in [-0.15, -0.1) is 11.3 Å². The first-order valence-electron chi connectivity index (χ1n) is 5.69. The van der Waals surface area contributed by atoms with Gasteiger partial charge in [0, 0.05) is 13.1 Å². The zero-order valence-corrected chi connectivity index (χ0v) is 12.1. The van der Waals surface area contributed by atoms with Gasteiger partial charge >= 0.3 is 0 Å². The van der Waals surface area contributed by atoms with Gasteiger partial charge in [-0.3, -0.25) is 9.59 Å². The second kappa shape index (κ2) is 4.55. The zero-order valence-electron chi connectivity index (χ0n) is 10.5. The third-order valence-corrected chi connectivity index (χ3v) is 4.87. The molecular formula is C12H15ClN2O2S. The first-order chi connectivity index (χ1) is 8.35. The number of hydrogen-bond acceptors (Lipinski definition) is 3. The Morgan fingerprint density at radius 2 is 2.22 bits per heavy atom. The van der Waals surface area contributed by atoms with Gasteiger partial charge in [-0.2, -0.15) is 0 Å². The fourth-order valence-electron chi connectivity index (χ4n) is 1.95. The molecule has 0 saturated carbocycles. The summed E-state index contributed by atoms with van der Waals surface area (Å²) in [6.45, 7) is 6.34. The summed E-state index contributed by atoms with van der Waals surface area (Å²) in [6, 6.07) is 0. The minimum atomic E-state index is -0.837. The summed E-state index contributed by atoms with van der Waals surface area (Å²) >= 11 is 7.44. The quantitative estimate of drug-likeness (QED) is 0.859. The van der Waals surface area contributed by atoms with Crippen molar-refractivity contribution in [2.45, 2.75) is 26.3 Å². The number of amides is 2. The normalized spacial score (nSPS) is 18.7. The van der Waals surface area contributed by atoms with E-state index in [-0.39, 0.29) is 11.8 Å². The topological polar surface area (TPSA) is 49.4 Å². The number of nitrogens with one attached hydrogen (secondary N) is 1. The molecule has 2 rings (SSSR count). The van der Waals surface area contributed by atoms with E-state index < -0.39 is 5.54 Å². The van der Waals surface area contributed by atoms with E-state index >= 15 is 0 Å². The Balaban J connectivity index is 2.34. The van der Waals surface area contributed by atoms with Crippen LogP contribution in [0.1, 0.15) is 29.1 Å². The summed E-state index contributed by atoms with van der Waals surface area (Å²) in [5.74, 6) is -0.301. The fourth-order valence-corrected chi connectivity index (χ4v) is 3.17. The number of carbonyl (C=O) groups is 2. The molecule has 1 aromatic rings. The molecule has 6 heteroatoms. The van der Waals surface area contributed by atoms with E-state index in [4.69, 9.17) is 11.6 Å². The molecule has 98 valence electrons. The standard InChI is InChI=1S/C12H15ClN2O2S/c1-7-6-18-9(8(7)13)10(16)15-5-4-14-11(17)12(15,2)3/h6H,4-5H2,1-3H3,(H,14,17). The maximum absolute atomic E-state index is 12.5. The van der Waals surface area contributed by atoms with Crippen molar-refractivity contribution in [3.8, 4) is 0 Å². The average Bonchev–Trinajstić information content (AvgIpc) is 2.63. The van der Waals surface area contributed by atoms with E-state index in [0.29, 0.717) is 23.0 Å². The van der Waals surface area contributed by atoms with Gasteiger partial charge in [0.1, 0.15) is 10.4 Å². The fraction of sp³-hybridized carbons (Fsp3) is 0.500. The molecule has 1 aliphatic rings. The Morgan fingerprint density at radius 3 is 2.78 bits per heavy atom. The first kappa shape index (κ1) is 13.4. The van der Waals surface area contributed by atoms with E-state index in [1.54, 1.807) is 18.7 Å². The molecule has 0 radical (unpaired) electrons. The molecule has 0 atom stereocenters. The molecule has 1 aromatic heterocycles. The summed E-state index contributed by atoms with van der Waals surface area (Å²) in [6.07, 6.45) is 0. The van der Waals surface area contributed by atoms with Crippen molar-refractivity contribution in [3.05, 3.63) is 20.8 Å². The lowest BCUT2D eigenvalue weighted by Crippen LogP contribution is -2.63. The van der Waals surface area contributed by atoms with Gasteiger partial charge in [0.05, 0.1) is 5.02 Å². The van der Waals surface area contributed by atoms with Crippen molar-refractivity contribution in [1.29, 1.82) is 0 Å². The Morgan fingerprint density at radius 1 is 1.56 bits per heavy atom. The Labute approximate surface area is 115 Å². The van der Waals surface area contributed by atoms with Crippen LogP contribution in [0.2, 0.25) is 5.02 Å². The minimum absolute atomic E-state index is 0.133. The van der Waals surface area contributed by atoms with Crippen LogP contribution in [0.15, 0.2) is 5.38 Å². The van der Waals surface area contributed by atoms with Crippen molar-refractivity contribution in [2.24, 2.45) is 0 Å². The van der Waals surface area contributed by atoms with Crippen LogP contribution < -0.4 is 5.32 Å². The highest BCUT2D eigenvalue weighted by atomic mass is 35.5. The van der Waals surface area contributed by atoms with Crippen LogP contribution in [0.25, 0.3) is 0 Å². The summed E-state index contributed by atoms with van der Waals surface area (Å²) in [4.78, 5) is 26.4. The predicted octanol–water partition coefficient (Wildman–Crippen LogP) is 2.06. The van der Waals surface area contributed by atoms with Crippen LogP contribution in [0.5, 0.6) is 0 Å². The van der Waals surface area contributed by atoms with Crippen molar-refractivity contribution < 1.29 is 9.59 Å². The second-order valence-corrected chi connectivity index (χ2v) is 6.09. The molecule has 1 saturated heterocycles. The third-order valence-electron chi connectivity index (χ3n) is 3.19. The lowest BCUT2D eigenvalue weighted by Gasteiger charge is -2.41. The third kappa shape index (κ3) is 2.01. The Kier molecular flexibility index (Phi) is 3.38. The molecule has 0 unspecified atom stereocenters.